The Labute approximate surface area is 233 Å². The van der Waals surface area contributed by atoms with Gasteiger partial charge in [-0.25, -0.2) is 13.6 Å². The Hall–Kier alpha value is -3.54. The Morgan fingerprint density at radius 1 is 1.15 bits per heavy atom. The van der Waals surface area contributed by atoms with E-state index in [4.69, 9.17) is 0 Å². The molecule has 12 heteroatoms. The number of likely N-dealkylation sites (tertiary alicyclic amines) is 1. The highest BCUT2D eigenvalue weighted by molar-refractivity contribution is 5.58. The summed E-state index contributed by atoms with van der Waals surface area (Å²) in [5, 5.41) is 8.08. The maximum absolute atomic E-state index is 14.2. The van der Waals surface area contributed by atoms with Gasteiger partial charge in [0.05, 0.1) is 16.8 Å². The lowest BCUT2D eigenvalue weighted by atomic mass is 9.70. The number of hydrogen-bond acceptors (Lipinski definition) is 4. The highest BCUT2D eigenvalue weighted by atomic mass is 19.4. The van der Waals surface area contributed by atoms with Crippen molar-refractivity contribution in [3.63, 3.8) is 0 Å². The van der Waals surface area contributed by atoms with E-state index in [-0.39, 0.29) is 18.4 Å². The monoisotopic (exact) mass is 574 g/mol. The molecule has 0 radical (unpaired) electrons. The predicted octanol–water partition coefficient (Wildman–Crippen LogP) is 5.65. The molecule has 1 saturated heterocycles. The summed E-state index contributed by atoms with van der Waals surface area (Å²) in [6.07, 6.45) is 0.979. The second-order valence-corrected chi connectivity index (χ2v) is 11.7. The van der Waals surface area contributed by atoms with Gasteiger partial charge in [-0.3, -0.25) is 13.9 Å². The van der Waals surface area contributed by atoms with Gasteiger partial charge in [-0.2, -0.15) is 13.2 Å². The van der Waals surface area contributed by atoms with Gasteiger partial charge in [0.15, 0.2) is 0 Å². The SMILES string of the molecule is C[C@H]1CCCN(Cc2cc(C(F)(F)F)c3cn(-c4cccc([C@@H](c5nncn5C)C5CC(F)(F)C5)c4)c(=O)n3c2)C1. The fourth-order valence-electron chi connectivity index (χ4n) is 6.45. The van der Waals surface area contributed by atoms with Crippen LogP contribution in [0.15, 0.2) is 53.8 Å². The van der Waals surface area contributed by atoms with Crippen molar-refractivity contribution in [1.82, 2.24) is 28.6 Å². The van der Waals surface area contributed by atoms with Gasteiger partial charge < -0.3 is 4.57 Å². The summed E-state index contributed by atoms with van der Waals surface area (Å²) in [5.41, 5.74) is -0.359. The van der Waals surface area contributed by atoms with Gasteiger partial charge in [-0.1, -0.05) is 19.1 Å². The van der Waals surface area contributed by atoms with Crippen molar-refractivity contribution in [2.75, 3.05) is 13.1 Å². The number of benzene rings is 1. The molecule has 4 heterocycles. The van der Waals surface area contributed by atoms with E-state index < -0.39 is 35.2 Å². The number of pyridine rings is 1. The normalized spacial score (nSPS) is 20.8. The van der Waals surface area contributed by atoms with Crippen LogP contribution >= 0.6 is 0 Å². The summed E-state index contributed by atoms with van der Waals surface area (Å²) < 4.78 is 74.3. The van der Waals surface area contributed by atoms with E-state index in [0.717, 1.165) is 36.4 Å². The highest BCUT2D eigenvalue weighted by Gasteiger charge is 2.50. The summed E-state index contributed by atoms with van der Waals surface area (Å²) in [7, 11) is 1.73. The third kappa shape index (κ3) is 5.29. The van der Waals surface area contributed by atoms with Crippen molar-refractivity contribution >= 4 is 5.52 Å². The van der Waals surface area contributed by atoms with Gasteiger partial charge in [0.2, 0.25) is 5.92 Å². The first-order chi connectivity index (χ1) is 19.4. The van der Waals surface area contributed by atoms with E-state index in [1.165, 1.54) is 23.3 Å². The zero-order valence-electron chi connectivity index (χ0n) is 22.8. The molecule has 7 nitrogen and oxygen atoms in total. The van der Waals surface area contributed by atoms with Crippen molar-refractivity contribution in [2.24, 2.45) is 18.9 Å². The molecule has 1 aromatic carbocycles. The van der Waals surface area contributed by atoms with Gasteiger partial charge in [0, 0.05) is 51.3 Å². The van der Waals surface area contributed by atoms with Crippen LogP contribution in [0, 0.1) is 11.8 Å². The van der Waals surface area contributed by atoms with E-state index in [1.54, 1.807) is 35.9 Å². The second kappa shape index (κ2) is 10.1. The Balaban J connectivity index is 1.42. The molecular formula is C29H31F5N6O. The third-order valence-corrected chi connectivity index (χ3v) is 8.40. The van der Waals surface area contributed by atoms with Gasteiger partial charge in [-0.15, -0.1) is 10.2 Å². The fourth-order valence-corrected chi connectivity index (χ4v) is 6.45. The Morgan fingerprint density at radius 3 is 2.59 bits per heavy atom. The standard InChI is InChI=1S/C29H31F5N6O/c1-18-5-4-8-38(13-18)14-19-9-23(29(32,33)34)24-16-39(27(41)40(24)15-19)22-7-3-6-20(10-22)25(21-11-28(30,31)12-21)26-36-35-17-37(26)2/h3,6-7,9-10,15-18,21,25H,4-5,8,11-14H2,1-2H3/t18-,25+/m0/s1. The number of fused-ring (bicyclic) bond motifs is 1. The molecule has 2 aliphatic rings. The molecule has 1 saturated carbocycles. The molecule has 0 unspecified atom stereocenters. The molecule has 2 fully saturated rings. The summed E-state index contributed by atoms with van der Waals surface area (Å²) in [6, 6.07) is 7.86. The zero-order chi connectivity index (χ0) is 29.1. The first kappa shape index (κ1) is 27.6. The number of aromatic nitrogens is 5. The van der Waals surface area contributed by atoms with Crippen molar-refractivity contribution < 1.29 is 22.0 Å². The summed E-state index contributed by atoms with van der Waals surface area (Å²) >= 11 is 0. The zero-order valence-corrected chi connectivity index (χ0v) is 22.8. The molecule has 0 bridgehead atoms. The minimum Gasteiger partial charge on any atom is -0.320 e. The molecule has 4 aromatic rings. The summed E-state index contributed by atoms with van der Waals surface area (Å²) in [6.45, 7) is 4.04. The molecule has 2 atom stereocenters. The lowest BCUT2D eigenvalue weighted by Gasteiger charge is -2.39. The number of hydrogen-bond donors (Lipinski definition) is 0. The minimum absolute atomic E-state index is 0.243. The molecule has 0 N–H and O–H groups in total. The van der Waals surface area contributed by atoms with Crippen LogP contribution in [0.2, 0.25) is 0 Å². The maximum Gasteiger partial charge on any atom is 0.418 e. The van der Waals surface area contributed by atoms with Crippen molar-refractivity contribution in [3.8, 4) is 5.69 Å². The van der Waals surface area contributed by atoms with Crippen LogP contribution in [0.25, 0.3) is 11.2 Å². The molecule has 3 aromatic heterocycles. The Kier molecular flexibility index (Phi) is 6.79. The maximum atomic E-state index is 14.2. The van der Waals surface area contributed by atoms with E-state index in [0.29, 0.717) is 35.1 Å². The van der Waals surface area contributed by atoms with Gasteiger partial charge in [-0.05, 0) is 60.5 Å². The molecule has 0 amide bonds. The van der Waals surface area contributed by atoms with Crippen molar-refractivity contribution in [3.05, 3.63) is 82.1 Å². The molecule has 6 rings (SSSR count). The second-order valence-electron chi connectivity index (χ2n) is 11.7. The van der Waals surface area contributed by atoms with Crippen LogP contribution < -0.4 is 5.69 Å². The van der Waals surface area contributed by atoms with E-state index in [2.05, 4.69) is 22.0 Å². The largest absolute Gasteiger partial charge is 0.418 e. The van der Waals surface area contributed by atoms with Crippen molar-refractivity contribution in [1.29, 1.82) is 0 Å². The fraction of sp³-hybridized carbons (Fsp3) is 0.483. The van der Waals surface area contributed by atoms with Crippen LogP contribution in [-0.2, 0) is 19.8 Å². The smallest absolute Gasteiger partial charge is 0.320 e. The van der Waals surface area contributed by atoms with Crippen molar-refractivity contribution in [2.45, 2.75) is 57.2 Å². The number of aryl methyl sites for hydroxylation is 1. The number of halogens is 5. The van der Waals surface area contributed by atoms with E-state index in [9.17, 15) is 26.7 Å². The molecule has 41 heavy (non-hydrogen) atoms. The molecular weight excluding hydrogens is 543 g/mol. The van der Waals surface area contributed by atoms with Gasteiger partial charge in [0.1, 0.15) is 12.2 Å². The number of nitrogens with zero attached hydrogens (tertiary/aromatic N) is 6. The van der Waals surface area contributed by atoms with Crippen LogP contribution in [0.3, 0.4) is 0 Å². The minimum atomic E-state index is -4.66. The van der Waals surface area contributed by atoms with Crippen LogP contribution in [0.1, 0.15) is 61.0 Å². The van der Waals surface area contributed by atoms with Crippen LogP contribution in [0.5, 0.6) is 0 Å². The number of piperidine rings is 1. The topological polar surface area (TPSA) is 60.4 Å². The predicted molar refractivity (Wildman–Crippen MR) is 142 cm³/mol. The van der Waals surface area contributed by atoms with E-state index in [1.807, 2.05) is 0 Å². The lowest BCUT2D eigenvalue weighted by molar-refractivity contribution is -0.136. The lowest BCUT2D eigenvalue weighted by Crippen LogP contribution is -2.39. The molecule has 0 spiro atoms. The first-order valence-electron chi connectivity index (χ1n) is 13.8. The van der Waals surface area contributed by atoms with Gasteiger partial charge in [0.25, 0.3) is 0 Å². The number of rotatable bonds is 6. The van der Waals surface area contributed by atoms with Gasteiger partial charge >= 0.3 is 11.9 Å². The summed E-state index contributed by atoms with van der Waals surface area (Å²) in [4.78, 5) is 15.7. The average Bonchev–Trinajstić information content (AvgIpc) is 3.45. The Morgan fingerprint density at radius 2 is 1.93 bits per heavy atom. The molecule has 218 valence electrons. The van der Waals surface area contributed by atoms with Crippen LogP contribution in [-0.4, -0.2) is 47.6 Å². The van der Waals surface area contributed by atoms with Crippen LogP contribution in [0.4, 0.5) is 22.0 Å². The quantitative estimate of drug-likeness (QED) is 0.280. The molecule has 1 aliphatic carbocycles. The number of imidazole rings is 1. The van der Waals surface area contributed by atoms with E-state index >= 15 is 0 Å². The number of alkyl halides is 5. The highest BCUT2D eigenvalue weighted by Crippen LogP contribution is 2.51. The Bertz CT molecular complexity index is 1630. The molecule has 1 aliphatic heterocycles. The first-order valence-corrected chi connectivity index (χ1v) is 13.8. The average molecular weight is 575 g/mol. The third-order valence-electron chi connectivity index (χ3n) is 8.40. The summed E-state index contributed by atoms with van der Waals surface area (Å²) in [5.74, 6) is -2.70.